The van der Waals surface area contributed by atoms with Crippen LogP contribution in [0.3, 0.4) is 0 Å². The second kappa shape index (κ2) is 8.89. The summed E-state index contributed by atoms with van der Waals surface area (Å²) in [4.78, 5) is 24.0. The number of benzene rings is 2. The highest BCUT2D eigenvalue weighted by Crippen LogP contribution is 2.24. The summed E-state index contributed by atoms with van der Waals surface area (Å²) in [5.41, 5.74) is 8.78. The van der Waals surface area contributed by atoms with Crippen LogP contribution in [0.1, 0.15) is 49.0 Å². The Kier molecular flexibility index (Phi) is 6.60. The van der Waals surface area contributed by atoms with E-state index in [0.717, 1.165) is 24.2 Å². The highest BCUT2D eigenvalue weighted by Gasteiger charge is 2.12. The van der Waals surface area contributed by atoms with E-state index in [0.29, 0.717) is 16.9 Å². The molecular weight excluding hydrogens is 328 g/mol. The van der Waals surface area contributed by atoms with Gasteiger partial charge in [-0.1, -0.05) is 39.0 Å². The summed E-state index contributed by atoms with van der Waals surface area (Å²) in [5.74, 6) is -0.255. The van der Waals surface area contributed by atoms with Crippen LogP contribution < -0.4 is 21.7 Å². The summed E-state index contributed by atoms with van der Waals surface area (Å²) in [6.45, 7) is 6.91. The van der Waals surface area contributed by atoms with E-state index in [1.54, 1.807) is 18.2 Å². The summed E-state index contributed by atoms with van der Waals surface area (Å²) >= 11 is 0. The predicted octanol–water partition coefficient (Wildman–Crippen LogP) is 4.37. The molecule has 0 aliphatic carbocycles. The van der Waals surface area contributed by atoms with Crippen molar-refractivity contribution in [2.24, 2.45) is 5.73 Å². The lowest BCUT2D eigenvalue weighted by Crippen LogP contribution is -2.21. The zero-order valence-corrected chi connectivity index (χ0v) is 15.4. The molecule has 0 saturated heterocycles. The summed E-state index contributed by atoms with van der Waals surface area (Å²) < 4.78 is 0. The van der Waals surface area contributed by atoms with Gasteiger partial charge >= 0.3 is 6.03 Å². The average molecular weight is 354 g/mol. The van der Waals surface area contributed by atoms with Gasteiger partial charge in [0.15, 0.2) is 0 Å². The SMILES string of the molecule is CCCNc1ccc(NC(=O)Nc2ccccc2C(C)C)cc1C(N)=O. The van der Waals surface area contributed by atoms with Gasteiger partial charge in [0.25, 0.3) is 5.91 Å². The Morgan fingerprint density at radius 1 is 1.04 bits per heavy atom. The Bertz CT molecular complexity index is 787. The fraction of sp³-hybridized carbons (Fsp3) is 0.300. The first-order valence-electron chi connectivity index (χ1n) is 8.77. The number of carbonyl (C=O) groups excluding carboxylic acids is 2. The highest BCUT2D eigenvalue weighted by molar-refractivity contribution is 6.03. The van der Waals surface area contributed by atoms with Gasteiger partial charge in [0.05, 0.1) is 5.56 Å². The standard InChI is InChI=1S/C20H26N4O2/c1-4-11-22-17-10-9-14(12-16(17)19(21)25)23-20(26)24-18-8-6-5-7-15(18)13(2)3/h5-10,12-13,22H,4,11H2,1-3H3,(H2,21,25)(H2,23,24,26). The summed E-state index contributed by atoms with van der Waals surface area (Å²) in [5, 5.41) is 8.76. The second-order valence-corrected chi connectivity index (χ2v) is 6.37. The van der Waals surface area contributed by atoms with Crippen molar-refractivity contribution >= 4 is 29.0 Å². The summed E-state index contributed by atoms with van der Waals surface area (Å²) in [6, 6.07) is 12.4. The van der Waals surface area contributed by atoms with Crippen LogP contribution in [-0.2, 0) is 0 Å². The van der Waals surface area contributed by atoms with Crippen molar-refractivity contribution in [3.8, 4) is 0 Å². The van der Waals surface area contributed by atoms with E-state index in [9.17, 15) is 9.59 Å². The molecule has 0 spiro atoms. The van der Waals surface area contributed by atoms with E-state index in [2.05, 4.69) is 29.8 Å². The molecule has 0 aromatic heterocycles. The lowest BCUT2D eigenvalue weighted by Gasteiger charge is -2.15. The third kappa shape index (κ3) is 4.99. The Morgan fingerprint density at radius 2 is 1.77 bits per heavy atom. The maximum atomic E-state index is 12.3. The Morgan fingerprint density at radius 3 is 2.42 bits per heavy atom. The smallest absolute Gasteiger partial charge is 0.323 e. The van der Waals surface area contributed by atoms with Crippen molar-refractivity contribution in [1.29, 1.82) is 0 Å². The third-order valence-electron chi connectivity index (χ3n) is 3.94. The number of para-hydroxylation sites is 1. The molecule has 3 amide bonds. The van der Waals surface area contributed by atoms with Crippen molar-refractivity contribution in [3.63, 3.8) is 0 Å². The monoisotopic (exact) mass is 354 g/mol. The Hall–Kier alpha value is -3.02. The minimum Gasteiger partial charge on any atom is -0.384 e. The van der Waals surface area contributed by atoms with Gasteiger partial charge in [0.2, 0.25) is 0 Å². The number of anilines is 3. The first-order chi connectivity index (χ1) is 12.4. The van der Waals surface area contributed by atoms with Crippen molar-refractivity contribution < 1.29 is 9.59 Å². The van der Waals surface area contributed by atoms with E-state index >= 15 is 0 Å². The van der Waals surface area contributed by atoms with Crippen molar-refractivity contribution in [2.45, 2.75) is 33.1 Å². The van der Waals surface area contributed by atoms with Crippen LogP contribution in [0.25, 0.3) is 0 Å². The van der Waals surface area contributed by atoms with Gasteiger partial charge in [-0.3, -0.25) is 4.79 Å². The molecular formula is C20H26N4O2. The Balaban J connectivity index is 2.14. The molecule has 2 aromatic rings. The van der Waals surface area contributed by atoms with E-state index in [-0.39, 0.29) is 11.9 Å². The predicted molar refractivity (Wildman–Crippen MR) is 107 cm³/mol. The minimum atomic E-state index is -0.544. The molecule has 6 heteroatoms. The van der Waals surface area contributed by atoms with Gasteiger partial charge < -0.3 is 21.7 Å². The van der Waals surface area contributed by atoms with Crippen molar-refractivity contribution in [1.82, 2.24) is 0 Å². The average Bonchev–Trinajstić information content (AvgIpc) is 2.60. The lowest BCUT2D eigenvalue weighted by molar-refractivity contribution is 0.100. The van der Waals surface area contributed by atoms with Crippen LogP contribution >= 0.6 is 0 Å². The number of nitrogens with one attached hydrogen (secondary N) is 3. The van der Waals surface area contributed by atoms with Crippen LogP contribution in [-0.4, -0.2) is 18.5 Å². The zero-order valence-electron chi connectivity index (χ0n) is 15.4. The molecule has 0 bridgehead atoms. The first kappa shape index (κ1) is 19.3. The van der Waals surface area contributed by atoms with Crippen LogP contribution in [0.5, 0.6) is 0 Å². The Labute approximate surface area is 154 Å². The number of nitrogens with two attached hydrogens (primary N) is 1. The molecule has 0 atom stereocenters. The van der Waals surface area contributed by atoms with Crippen molar-refractivity contribution in [3.05, 3.63) is 53.6 Å². The van der Waals surface area contributed by atoms with Crippen molar-refractivity contribution in [2.75, 3.05) is 22.5 Å². The normalized spacial score (nSPS) is 10.5. The summed E-state index contributed by atoms with van der Waals surface area (Å²) in [7, 11) is 0. The molecule has 0 aliphatic heterocycles. The molecule has 0 fully saturated rings. The van der Waals surface area contributed by atoms with Gasteiger partial charge in [-0.05, 0) is 42.2 Å². The number of carbonyl (C=O) groups is 2. The number of hydrogen-bond acceptors (Lipinski definition) is 3. The number of urea groups is 1. The summed E-state index contributed by atoms with van der Waals surface area (Å²) in [6.07, 6.45) is 0.926. The fourth-order valence-corrected chi connectivity index (χ4v) is 2.64. The first-order valence-corrected chi connectivity index (χ1v) is 8.77. The lowest BCUT2D eigenvalue weighted by atomic mass is 10.0. The van der Waals surface area contributed by atoms with Gasteiger partial charge in [0, 0.05) is 23.6 Å². The molecule has 2 aromatic carbocycles. The second-order valence-electron chi connectivity index (χ2n) is 6.37. The van der Waals surface area contributed by atoms with E-state index < -0.39 is 5.91 Å². The molecule has 0 aliphatic rings. The zero-order chi connectivity index (χ0) is 19.1. The molecule has 5 N–H and O–H groups in total. The third-order valence-corrected chi connectivity index (χ3v) is 3.94. The van der Waals surface area contributed by atoms with Crippen LogP contribution in [0.2, 0.25) is 0 Å². The highest BCUT2D eigenvalue weighted by atomic mass is 16.2. The molecule has 0 saturated carbocycles. The molecule has 138 valence electrons. The molecule has 26 heavy (non-hydrogen) atoms. The number of primary amides is 1. The molecule has 0 radical (unpaired) electrons. The van der Waals surface area contributed by atoms with Crippen LogP contribution in [0.15, 0.2) is 42.5 Å². The number of amides is 3. The largest absolute Gasteiger partial charge is 0.384 e. The van der Waals surface area contributed by atoms with E-state index in [1.165, 1.54) is 0 Å². The minimum absolute atomic E-state index is 0.289. The van der Waals surface area contributed by atoms with Crippen LogP contribution in [0, 0.1) is 0 Å². The van der Waals surface area contributed by atoms with Crippen LogP contribution in [0.4, 0.5) is 21.9 Å². The topological polar surface area (TPSA) is 96.2 Å². The van der Waals surface area contributed by atoms with Gasteiger partial charge in [-0.25, -0.2) is 4.79 Å². The quantitative estimate of drug-likeness (QED) is 0.594. The van der Waals surface area contributed by atoms with Gasteiger partial charge in [0.1, 0.15) is 0 Å². The maximum absolute atomic E-state index is 12.3. The fourth-order valence-electron chi connectivity index (χ4n) is 2.64. The molecule has 0 heterocycles. The van der Waals surface area contributed by atoms with Gasteiger partial charge in [-0.15, -0.1) is 0 Å². The number of hydrogen-bond donors (Lipinski definition) is 4. The molecule has 2 rings (SSSR count). The number of rotatable bonds is 7. The van der Waals surface area contributed by atoms with E-state index in [4.69, 9.17) is 5.73 Å². The van der Waals surface area contributed by atoms with E-state index in [1.807, 2.05) is 31.2 Å². The van der Waals surface area contributed by atoms with Gasteiger partial charge in [-0.2, -0.15) is 0 Å². The maximum Gasteiger partial charge on any atom is 0.323 e. The molecule has 6 nitrogen and oxygen atoms in total. The molecule has 0 unspecified atom stereocenters.